The second kappa shape index (κ2) is 5.63. The van der Waals surface area contributed by atoms with Gasteiger partial charge < -0.3 is 4.74 Å². The van der Waals surface area contributed by atoms with Crippen molar-refractivity contribution in [2.75, 3.05) is 19.7 Å². The number of hydrogen-bond donors (Lipinski definition) is 0. The van der Waals surface area contributed by atoms with E-state index in [1.807, 2.05) is 19.1 Å². The van der Waals surface area contributed by atoms with Crippen LogP contribution in [0, 0.1) is 11.3 Å². The van der Waals surface area contributed by atoms with Crippen LogP contribution in [0.3, 0.4) is 0 Å². The van der Waals surface area contributed by atoms with Crippen molar-refractivity contribution in [3.8, 4) is 6.07 Å². The molecule has 0 aromatic heterocycles. The van der Waals surface area contributed by atoms with E-state index in [0.717, 1.165) is 23.1 Å². The Labute approximate surface area is 110 Å². The van der Waals surface area contributed by atoms with Crippen LogP contribution in [-0.2, 0) is 4.74 Å². The molecule has 17 heavy (non-hydrogen) atoms. The number of morpholine rings is 1. The molecule has 2 unspecified atom stereocenters. The fourth-order valence-corrected chi connectivity index (χ4v) is 2.43. The van der Waals surface area contributed by atoms with Gasteiger partial charge in [0.15, 0.2) is 0 Å². The van der Waals surface area contributed by atoms with Gasteiger partial charge in [0.05, 0.1) is 24.8 Å². The van der Waals surface area contributed by atoms with Gasteiger partial charge in [0.2, 0.25) is 0 Å². The van der Waals surface area contributed by atoms with Crippen molar-refractivity contribution in [3.05, 3.63) is 34.3 Å². The van der Waals surface area contributed by atoms with Crippen molar-refractivity contribution in [2.24, 2.45) is 0 Å². The maximum Gasteiger partial charge on any atom is 0.0953 e. The maximum absolute atomic E-state index is 8.95. The first-order valence-corrected chi connectivity index (χ1v) is 6.50. The predicted octanol–water partition coefficient (Wildman–Crippen LogP) is 2.73. The molecule has 2 rings (SSSR count). The molecule has 1 aliphatic rings. The van der Waals surface area contributed by atoms with Gasteiger partial charge in [0, 0.05) is 17.6 Å². The van der Waals surface area contributed by atoms with Crippen LogP contribution in [0.15, 0.2) is 28.7 Å². The molecule has 0 radical (unpaired) electrons. The second-order valence-corrected chi connectivity index (χ2v) is 5.13. The zero-order valence-electron chi connectivity index (χ0n) is 9.77. The molecule has 1 aromatic carbocycles. The first-order chi connectivity index (χ1) is 8.20. The number of ether oxygens (including phenoxy) is 1. The Balaban J connectivity index is 2.10. The molecule has 2 atom stereocenters. The maximum atomic E-state index is 8.95. The lowest BCUT2D eigenvalue weighted by Crippen LogP contribution is -2.42. The van der Waals surface area contributed by atoms with Gasteiger partial charge in [0.1, 0.15) is 0 Å². The molecular weight excluding hydrogens is 280 g/mol. The minimum atomic E-state index is -0.0476. The van der Waals surface area contributed by atoms with Crippen LogP contribution in [0.2, 0.25) is 0 Å². The van der Waals surface area contributed by atoms with E-state index in [9.17, 15) is 0 Å². The molecule has 1 heterocycles. The fourth-order valence-electron chi connectivity index (χ4n) is 2.01. The fraction of sp³-hybridized carbons (Fsp3) is 0.462. The molecular formula is C13H15BrN2O. The lowest BCUT2D eigenvalue weighted by Gasteiger charge is -2.34. The van der Waals surface area contributed by atoms with E-state index in [0.29, 0.717) is 6.61 Å². The molecule has 1 aliphatic heterocycles. The van der Waals surface area contributed by atoms with E-state index in [-0.39, 0.29) is 12.1 Å². The van der Waals surface area contributed by atoms with Crippen molar-refractivity contribution < 1.29 is 4.74 Å². The molecule has 1 aromatic rings. The second-order valence-electron chi connectivity index (χ2n) is 4.21. The number of rotatable bonds is 2. The molecule has 4 heteroatoms. The third kappa shape index (κ3) is 3.06. The molecule has 0 bridgehead atoms. The highest BCUT2D eigenvalue weighted by Gasteiger charge is 2.25. The summed E-state index contributed by atoms with van der Waals surface area (Å²) in [5.74, 6) is 0. The monoisotopic (exact) mass is 294 g/mol. The van der Waals surface area contributed by atoms with E-state index in [4.69, 9.17) is 10.00 Å². The number of hydrogen-bond acceptors (Lipinski definition) is 3. The molecule has 1 saturated heterocycles. The summed E-state index contributed by atoms with van der Waals surface area (Å²) < 4.78 is 6.83. The van der Waals surface area contributed by atoms with E-state index < -0.39 is 0 Å². The molecule has 3 nitrogen and oxygen atoms in total. The van der Waals surface area contributed by atoms with Crippen LogP contribution in [-0.4, -0.2) is 30.6 Å². The Morgan fingerprint density at radius 3 is 3.12 bits per heavy atom. The topological polar surface area (TPSA) is 36.3 Å². The van der Waals surface area contributed by atoms with Gasteiger partial charge in [-0.05, 0) is 24.6 Å². The Bertz CT molecular complexity index is 430. The average Bonchev–Trinajstić information content (AvgIpc) is 2.38. The van der Waals surface area contributed by atoms with Gasteiger partial charge in [-0.25, -0.2) is 0 Å². The molecule has 1 fully saturated rings. The van der Waals surface area contributed by atoms with Crippen LogP contribution >= 0.6 is 15.9 Å². The van der Waals surface area contributed by atoms with Crippen molar-refractivity contribution in [2.45, 2.75) is 19.1 Å². The predicted molar refractivity (Wildman–Crippen MR) is 69.5 cm³/mol. The smallest absolute Gasteiger partial charge is 0.0953 e. The number of halogens is 1. The Kier molecular flexibility index (Phi) is 4.16. The lowest BCUT2D eigenvalue weighted by atomic mass is 10.1. The third-order valence-corrected chi connectivity index (χ3v) is 3.55. The average molecular weight is 295 g/mol. The summed E-state index contributed by atoms with van der Waals surface area (Å²) in [5.41, 5.74) is 1.16. The van der Waals surface area contributed by atoms with Crippen molar-refractivity contribution in [3.63, 3.8) is 0 Å². The van der Waals surface area contributed by atoms with Gasteiger partial charge in [-0.2, -0.15) is 5.26 Å². The summed E-state index contributed by atoms with van der Waals surface area (Å²) in [6, 6.07) is 10.4. The summed E-state index contributed by atoms with van der Waals surface area (Å²) in [7, 11) is 0. The van der Waals surface area contributed by atoms with Crippen molar-refractivity contribution in [1.82, 2.24) is 4.90 Å². The van der Waals surface area contributed by atoms with Gasteiger partial charge in [-0.15, -0.1) is 0 Å². The van der Waals surface area contributed by atoms with E-state index in [1.54, 1.807) is 0 Å². The molecule has 0 amide bonds. The standard InChI is InChI=1S/C13H15BrN2O/c1-10(8-15)16-5-6-17-13(9-16)11-3-2-4-12(14)7-11/h2-4,7,10,13H,5-6,9H2,1H3. The zero-order chi connectivity index (χ0) is 12.3. The minimum absolute atomic E-state index is 0.0476. The van der Waals surface area contributed by atoms with Gasteiger partial charge in [-0.1, -0.05) is 28.1 Å². The van der Waals surface area contributed by atoms with E-state index in [1.165, 1.54) is 0 Å². The highest BCUT2D eigenvalue weighted by atomic mass is 79.9. The highest BCUT2D eigenvalue weighted by Crippen LogP contribution is 2.25. The minimum Gasteiger partial charge on any atom is -0.371 e. The molecule has 0 aliphatic carbocycles. The quantitative estimate of drug-likeness (QED) is 0.841. The Morgan fingerprint density at radius 1 is 1.59 bits per heavy atom. The van der Waals surface area contributed by atoms with Crippen molar-refractivity contribution >= 4 is 15.9 Å². The normalized spacial score (nSPS) is 23.0. The van der Waals surface area contributed by atoms with Crippen molar-refractivity contribution in [1.29, 1.82) is 5.26 Å². The molecule has 90 valence electrons. The largest absolute Gasteiger partial charge is 0.371 e. The van der Waals surface area contributed by atoms with E-state index >= 15 is 0 Å². The van der Waals surface area contributed by atoms with Gasteiger partial charge in [-0.3, -0.25) is 4.90 Å². The third-order valence-electron chi connectivity index (χ3n) is 3.05. The van der Waals surface area contributed by atoms with Crippen LogP contribution in [0.5, 0.6) is 0 Å². The summed E-state index contributed by atoms with van der Waals surface area (Å²) in [6.45, 7) is 4.23. The molecule has 0 saturated carbocycles. The van der Waals surface area contributed by atoms with Gasteiger partial charge >= 0.3 is 0 Å². The molecule has 0 N–H and O–H groups in total. The highest BCUT2D eigenvalue weighted by molar-refractivity contribution is 9.10. The Morgan fingerprint density at radius 2 is 2.41 bits per heavy atom. The number of benzene rings is 1. The SMILES string of the molecule is CC(C#N)N1CCOC(c2cccc(Br)c2)C1. The first kappa shape index (κ1) is 12.6. The zero-order valence-corrected chi connectivity index (χ0v) is 11.4. The van der Waals surface area contributed by atoms with E-state index in [2.05, 4.69) is 39.0 Å². The summed E-state index contributed by atoms with van der Waals surface area (Å²) >= 11 is 3.46. The van der Waals surface area contributed by atoms with Crippen LogP contribution < -0.4 is 0 Å². The summed E-state index contributed by atoms with van der Waals surface area (Å²) in [4.78, 5) is 2.16. The summed E-state index contributed by atoms with van der Waals surface area (Å²) in [5, 5.41) is 8.95. The first-order valence-electron chi connectivity index (χ1n) is 5.71. The molecule has 0 spiro atoms. The Hall–Kier alpha value is -0.890. The van der Waals surface area contributed by atoms with Crippen LogP contribution in [0.1, 0.15) is 18.6 Å². The van der Waals surface area contributed by atoms with Gasteiger partial charge in [0.25, 0.3) is 0 Å². The van der Waals surface area contributed by atoms with Crippen LogP contribution in [0.25, 0.3) is 0 Å². The lowest BCUT2D eigenvalue weighted by molar-refractivity contribution is -0.0359. The summed E-state index contributed by atoms with van der Waals surface area (Å²) in [6.07, 6.45) is 0.0667. The van der Waals surface area contributed by atoms with Crippen LogP contribution in [0.4, 0.5) is 0 Å². The number of nitrogens with zero attached hydrogens (tertiary/aromatic N) is 2. The number of nitriles is 1.